The summed E-state index contributed by atoms with van der Waals surface area (Å²) in [4.78, 5) is 26.1. The van der Waals surface area contributed by atoms with Crippen molar-refractivity contribution in [3.05, 3.63) is 60.7 Å². The average Bonchev–Trinajstić information content (AvgIpc) is 2.70. The van der Waals surface area contributed by atoms with Crippen molar-refractivity contribution in [2.75, 3.05) is 18.6 Å². The second-order valence-electron chi connectivity index (χ2n) is 6.55. The molecule has 2 aromatic rings. The van der Waals surface area contributed by atoms with Gasteiger partial charge in [-0.15, -0.1) is 0 Å². The van der Waals surface area contributed by atoms with E-state index in [1.54, 1.807) is 63.4 Å². The highest BCUT2D eigenvalue weighted by atomic mass is 32.2. The van der Waals surface area contributed by atoms with E-state index in [0.717, 1.165) is 0 Å². The first-order chi connectivity index (χ1) is 13.2. The molecule has 0 aliphatic carbocycles. The number of para-hydroxylation sites is 1. The molecule has 1 atom stereocenters. The number of sulfonamides is 1. The standard InChI is InChI=1S/C20H24N2O5S/c1-15(2)19(21-28(25,26)17-12-8-5-9-13-17)20(24)27-14-18(23)22(3)16-10-6-4-7-11-16/h4-13,15,19,21H,14H2,1-3H3/t19-/m1/s1. The van der Waals surface area contributed by atoms with Gasteiger partial charge in [0.15, 0.2) is 6.61 Å². The van der Waals surface area contributed by atoms with Crippen LogP contribution in [0.3, 0.4) is 0 Å². The van der Waals surface area contributed by atoms with Crippen LogP contribution in [-0.4, -0.2) is 40.0 Å². The van der Waals surface area contributed by atoms with Crippen LogP contribution < -0.4 is 9.62 Å². The Kier molecular flexibility index (Phi) is 7.31. The van der Waals surface area contributed by atoms with E-state index >= 15 is 0 Å². The topological polar surface area (TPSA) is 92.8 Å². The van der Waals surface area contributed by atoms with E-state index in [2.05, 4.69) is 4.72 Å². The van der Waals surface area contributed by atoms with Crippen LogP contribution in [0.2, 0.25) is 0 Å². The number of likely N-dealkylation sites (N-methyl/N-ethyl adjacent to an activating group) is 1. The van der Waals surface area contributed by atoms with Crippen LogP contribution >= 0.6 is 0 Å². The molecule has 0 heterocycles. The van der Waals surface area contributed by atoms with E-state index in [1.807, 2.05) is 6.07 Å². The minimum Gasteiger partial charge on any atom is -0.454 e. The van der Waals surface area contributed by atoms with Crippen LogP contribution in [0.1, 0.15) is 13.8 Å². The smallest absolute Gasteiger partial charge is 0.324 e. The molecule has 2 aromatic carbocycles. The predicted octanol–water partition coefficient (Wildman–Crippen LogP) is 2.20. The Hall–Kier alpha value is -2.71. The first kappa shape index (κ1) is 21.6. The number of carbonyl (C=O) groups excluding carboxylic acids is 2. The van der Waals surface area contributed by atoms with Crippen molar-refractivity contribution in [1.82, 2.24) is 4.72 Å². The van der Waals surface area contributed by atoms with Gasteiger partial charge in [0.05, 0.1) is 4.90 Å². The molecule has 0 aliphatic rings. The van der Waals surface area contributed by atoms with Crippen LogP contribution in [0.4, 0.5) is 5.69 Å². The van der Waals surface area contributed by atoms with Crippen molar-refractivity contribution in [3.63, 3.8) is 0 Å². The molecule has 0 bridgehead atoms. The SMILES string of the molecule is CC(C)[C@@H](NS(=O)(=O)c1ccccc1)C(=O)OCC(=O)N(C)c1ccccc1. The van der Waals surface area contributed by atoms with E-state index in [0.29, 0.717) is 5.69 Å². The number of rotatable bonds is 8. The zero-order valence-electron chi connectivity index (χ0n) is 16.0. The maximum absolute atomic E-state index is 12.5. The minimum atomic E-state index is -3.89. The lowest BCUT2D eigenvalue weighted by Crippen LogP contribution is -2.46. The number of carbonyl (C=O) groups is 2. The summed E-state index contributed by atoms with van der Waals surface area (Å²) in [6.45, 7) is 2.90. The highest BCUT2D eigenvalue weighted by Gasteiger charge is 2.30. The molecule has 0 aromatic heterocycles. The highest BCUT2D eigenvalue weighted by Crippen LogP contribution is 2.14. The number of anilines is 1. The molecule has 0 saturated heterocycles. The second-order valence-corrected chi connectivity index (χ2v) is 8.27. The third kappa shape index (κ3) is 5.64. The summed E-state index contributed by atoms with van der Waals surface area (Å²) < 4.78 is 32.4. The Morgan fingerprint density at radius 2 is 1.54 bits per heavy atom. The third-order valence-electron chi connectivity index (χ3n) is 4.11. The molecule has 0 saturated carbocycles. The summed E-state index contributed by atoms with van der Waals surface area (Å²) in [6, 6.07) is 15.6. The van der Waals surface area contributed by atoms with E-state index in [1.165, 1.54) is 17.0 Å². The molecular formula is C20H24N2O5S. The maximum Gasteiger partial charge on any atom is 0.324 e. The van der Waals surface area contributed by atoms with Gasteiger partial charge in [-0.25, -0.2) is 8.42 Å². The van der Waals surface area contributed by atoms with Crippen LogP contribution in [0.15, 0.2) is 65.6 Å². The summed E-state index contributed by atoms with van der Waals surface area (Å²) in [5.74, 6) is -1.59. The summed E-state index contributed by atoms with van der Waals surface area (Å²) in [6.07, 6.45) is 0. The fourth-order valence-corrected chi connectivity index (χ4v) is 3.76. The molecule has 1 amide bonds. The molecule has 0 unspecified atom stereocenters. The van der Waals surface area contributed by atoms with Gasteiger partial charge in [-0.1, -0.05) is 50.2 Å². The fraction of sp³-hybridized carbons (Fsp3) is 0.300. The number of amides is 1. The number of nitrogens with one attached hydrogen (secondary N) is 1. The largest absolute Gasteiger partial charge is 0.454 e. The number of hydrogen-bond donors (Lipinski definition) is 1. The normalized spacial score (nSPS) is 12.4. The number of ether oxygens (including phenoxy) is 1. The first-order valence-electron chi connectivity index (χ1n) is 8.78. The van der Waals surface area contributed by atoms with Gasteiger partial charge < -0.3 is 9.64 Å². The molecule has 28 heavy (non-hydrogen) atoms. The lowest BCUT2D eigenvalue weighted by atomic mass is 10.1. The van der Waals surface area contributed by atoms with E-state index in [4.69, 9.17) is 4.74 Å². The van der Waals surface area contributed by atoms with Gasteiger partial charge >= 0.3 is 5.97 Å². The lowest BCUT2D eigenvalue weighted by Gasteiger charge is -2.22. The molecule has 0 aliphatic heterocycles. The van der Waals surface area contributed by atoms with Gasteiger partial charge in [-0.2, -0.15) is 4.72 Å². The van der Waals surface area contributed by atoms with Crippen LogP contribution in [0, 0.1) is 5.92 Å². The van der Waals surface area contributed by atoms with Crippen molar-refractivity contribution in [2.24, 2.45) is 5.92 Å². The van der Waals surface area contributed by atoms with Gasteiger partial charge in [0.2, 0.25) is 10.0 Å². The average molecular weight is 404 g/mol. The number of nitrogens with zero attached hydrogens (tertiary/aromatic N) is 1. The molecule has 7 nitrogen and oxygen atoms in total. The van der Waals surface area contributed by atoms with Gasteiger partial charge in [0.25, 0.3) is 5.91 Å². The Labute approximate surface area is 165 Å². The lowest BCUT2D eigenvalue weighted by molar-refractivity contribution is -0.150. The number of benzene rings is 2. The van der Waals surface area contributed by atoms with Crippen molar-refractivity contribution < 1.29 is 22.7 Å². The summed E-state index contributed by atoms with van der Waals surface area (Å²) in [5, 5.41) is 0. The van der Waals surface area contributed by atoms with Crippen LogP contribution in [-0.2, 0) is 24.3 Å². The predicted molar refractivity (Wildman–Crippen MR) is 106 cm³/mol. The summed E-state index contributed by atoms with van der Waals surface area (Å²) >= 11 is 0. The van der Waals surface area contributed by atoms with Crippen molar-refractivity contribution in [1.29, 1.82) is 0 Å². The molecule has 150 valence electrons. The number of hydrogen-bond acceptors (Lipinski definition) is 5. The van der Waals surface area contributed by atoms with Crippen molar-refractivity contribution in [2.45, 2.75) is 24.8 Å². The zero-order valence-corrected chi connectivity index (χ0v) is 16.8. The maximum atomic E-state index is 12.5. The van der Waals surface area contributed by atoms with E-state index in [-0.39, 0.29) is 10.8 Å². The van der Waals surface area contributed by atoms with Gasteiger partial charge in [0, 0.05) is 12.7 Å². The van der Waals surface area contributed by atoms with Crippen molar-refractivity contribution in [3.8, 4) is 0 Å². The Bertz CT molecular complexity index is 899. The van der Waals surface area contributed by atoms with E-state index in [9.17, 15) is 18.0 Å². The fourth-order valence-electron chi connectivity index (χ4n) is 2.41. The molecule has 0 fully saturated rings. The quantitative estimate of drug-likeness (QED) is 0.681. The monoisotopic (exact) mass is 404 g/mol. The summed E-state index contributed by atoms with van der Waals surface area (Å²) in [5.41, 5.74) is 0.661. The highest BCUT2D eigenvalue weighted by molar-refractivity contribution is 7.89. The molecule has 0 radical (unpaired) electrons. The van der Waals surface area contributed by atoms with Gasteiger partial charge in [0.1, 0.15) is 6.04 Å². The first-order valence-corrected chi connectivity index (χ1v) is 10.3. The Balaban J connectivity index is 2.02. The van der Waals surface area contributed by atoms with Crippen molar-refractivity contribution >= 4 is 27.6 Å². The molecular weight excluding hydrogens is 380 g/mol. The third-order valence-corrected chi connectivity index (χ3v) is 5.57. The second kappa shape index (κ2) is 9.48. The molecule has 1 N–H and O–H groups in total. The Morgan fingerprint density at radius 3 is 2.07 bits per heavy atom. The molecule has 0 spiro atoms. The zero-order chi connectivity index (χ0) is 20.7. The van der Waals surface area contributed by atoms with Gasteiger partial charge in [-0.05, 0) is 30.2 Å². The van der Waals surface area contributed by atoms with Crippen LogP contribution in [0.5, 0.6) is 0 Å². The molecule has 8 heteroatoms. The Morgan fingerprint density at radius 1 is 1.00 bits per heavy atom. The molecule has 2 rings (SSSR count). The number of esters is 1. The summed E-state index contributed by atoms with van der Waals surface area (Å²) in [7, 11) is -2.32. The van der Waals surface area contributed by atoms with Crippen LogP contribution in [0.25, 0.3) is 0 Å². The minimum absolute atomic E-state index is 0.0494. The van der Waals surface area contributed by atoms with E-state index < -0.39 is 34.5 Å². The van der Waals surface area contributed by atoms with Gasteiger partial charge in [-0.3, -0.25) is 9.59 Å².